The van der Waals surface area contributed by atoms with Gasteiger partial charge in [0.2, 0.25) is 0 Å². The van der Waals surface area contributed by atoms with Gasteiger partial charge in [0.15, 0.2) is 0 Å². The summed E-state index contributed by atoms with van der Waals surface area (Å²) >= 11 is 0. The molecule has 0 amide bonds. The molecule has 3 heteroatoms. The Balaban J connectivity index is 2.45. The highest BCUT2D eigenvalue weighted by atomic mass is 19.1. The quantitative estimate of drug-likeness (QED) is 0.808. The van der Waals surface area contributed by atoms with Crippen LogP contribution in [0.5, 0.6) is 0 Å². The Morgan fingerprint density at radius 1 is 1.22 bits per heavy atom. The molecular weight excluding hydrogens is 227 g/mol. The molecule has 0 unspecified atom stereocenters. The van der Waals surface area contributed by atoms with Crippen LogP contribution in [0.2, 0.25) is 0 Å². The van der Waals surface area contributed by atoms with Crippen LogP contribution in [0.3, 0.4) is 0 Å². The van der Waals surface area contributed by atoms with Crippen LogP contribution in [0.15, 0.2) is 24.4 Å². The van der Waals surface area contributed by atoms with Gasteiger partial charge in [-0.2, -0.15) is 0 Å². The smallest absolute Gasteiger partial charge is 0.126 e. The molecule has 0 fully saturated rings. The van der Waals surface area contributed by atoms with E-state index in [9.17, 15) is 4.39 Å². The Morgan fingerprint density at radius 2 is 1.89 bits per heavy atom. The van der Waals surface area contributed by atoms with Crippen LogP contribution >= 0.6 is 0 Å². The average molecular weight is 248 g/mol. The molecule has 0 saturated carbocycles. The number of aromatic nitrogens is 1. The summed E-state index contributed by atoms with van der Waals surface area (Å²) in [4.78, 5) is 2.20. The highest BCUT2D eigenvalue weighted by Crippen LogP contribution is 2.24. The number of rotatable bonds is 3. The lowest BCUT2D eigenvalue weighted by Crippen LogP contribution is -2.41. The Kier molecular flexibility index (Phi) is 3.20. The Hall–Kier alpha value is -1.35. The Labute approximate surface area is 108 Å². The third-order valence-electron chi connectivity index (χ3n) is 3.92. The van der Waals surface area contributed by atoms with Crippen LogP contribution in [-0.4, -0.2) is 29.1 Å². The second-order valence-corrected chi connectivity index (χ2v) is 5.76. The number of likely N-dealkylation sites (N-methyl/N-ethyl adjacent to an activating group) is 1. The van der Waals surface area contributed by atoms with Crippen molar-refractivity contribution in [3.05, 3.63) is 35.8 Å². The monoisotopic (exact) mass is 248 g/mol. The van der Waals surface area contributed by atoms with Gasteiger partial charge < -0.3 is 9.47 Å². The van der Waals surface area contributed by atoms with Crippen molar-refractivity contribution in [2.45, 2.75) is 32.9 Å². The van der Waals surface area contributed by atoms with E-state index in [1.165, 1.54) is 0 Å². The van der Waals surface area contributed by atoms with E-state index in [1.54, 1.807) is 6.07 Å². The standard InChI is InChI=1S/C15H21FN2/c1-11-12-8-9-18(10-15(2,3)17(4)5)14(12)7-6-13(11)16/h6-9H,10H2,1-5H3. The number of nitrogens with zero attached hydrogens (tertiary/aromatic N) is 2. The predicted molar refractivity (Wildman–Crippen MR) is 74.4 cm³/mol. The molecule has 2 nitrogen and oxygen atoms in total. The Bertz CT molecular complexity index is 567. The van der Waals surface area contributed by atoms with Gasteiger partial charge in [0, 0.05) is 29.2 Å². The summed E-state index contributed by atoms with van der Waals surface area (Å²) < 4.78 is 15.7. The third-order valence-corrected chi connectivity index (χ3v) is 3.92. The molecule has 0 bridgehead atoms. The van der Waals surface area contributed by atoms with Gasteiger partial charge in [0.25, 0.3) is 0 Å². The van der Waals surface area contributed by atoms with Crippen molar-refractivity contribution >= 4 is 10.9 Å². The van der Waals surface area contributed by atoms with Crippen molar-refractivity contribution in [2.75, 3.05) is 14.1 Å². The number of hydrogen-bond acceptors (Lipinski definition) is 1. The van der Waals surface area contributed by atoms with Crippen molar-refractivity contribution in [1.29, 1.82) is 0 Å². The van der Waals surface area contributed by atoms with E-state index in [1.807, 2.05) is 25.3 Å². The number of benzene rings is 1. The minimum atomic E-state index is -0.132. The van der Waals surface area contributed by atoms with E-state index in [0.717, 1.165) is 23.0 Å². The maximum Gasteiger partial charge on any atom is 0.126 e. The second-order valence-electron chi connectivity index (χ2n) is 5.76. The van der Waals surface area contributed by atoms with E-state index >= 15 is 0 Å². The molecule has 0 saturated heterocycles. The van der Waals surface area contributed by atoms with Crippen LogP contribution in [0.4, 0.5) is 4.39 Å². The van der Waals surface area contributed by atoms with Gasteiger partial charge in [-0.25, -0.2) is 4.39 Å². The zero-order valence-corrected chi connectivity index (χ0v) is 11.8. The molecule has 0 aliphatic heterocycles. The van der Waals surface area contributed by atoms with E-state index in [4.69, 9.17) is 0 Å². The van der Waals surface area contributed by atoms with Crippen LogP contribution in [0, 0.1) is 12.7 Å². The van der Waals surface area contributed by atoms with Crippen molar-refractivity contribution in [3.63, 3.8) is 0 Å². The maximum atomic E-state index is 13.5. The fourth-order valence-corrected chi connectivity index (χ4v) is 2.09. The summed E-state index contributed by atoms with van der Waals surface area (Å²) in [5, 5.41) is 1.00. The van der Waals surface area contributed by atoms with Crippen LogP contribution < -0.4 is 0 Å². The highest BCUT2D eigenvalue weighted by molar-refractivity contribution is 5.83. The van der Waals surface area contributed by atoms with Gasteiger partial charge in [0.1, 0.15) is 5.82 Å². The van der Waals surface area contributed by atoms with Crippen LogP contribution in [-0.2, 0) is 6.54 Å². The van der Waals surface area contributed by atoms with E-state index in [2.05, 4.69) is 37.4 Å². The SMILES string of the molecule is Cc1c(F)ccc2c1ccn2CC(C)(C)N(C)C. The van der Waals surface area contributed by atoms with E-state index < -0.39 is 0 Å². The molecule has 0 spiro atoms. The van der Waals surface area contributed by atoms with E-state index in [0.29, 0.717) is 0 Å². The minimum absolute atomic E-state index is 0.0637. The molecule has 0 N–H and O–H groups in total. The van der Waals surface area contributed by atoms with Crippen molar-refractivity contribution < 1.29 is 4.39 Å². The molecule has 0 aliphatic carbocycles. The molecule has 1 heterocycles. The normalized spacial score (nSPS) is 12.6. The van der Waals surface area contributed by atoms with Gasteiger partial charge in [0.05, 0.1) is 0 Å². The summed E-state index contributed by atoms with van der Waals surface area (Å²) in [6.07, 6.45) is 2.04. The Morgan fingerprint density at radius 3 is 2.50 bits per heavy atom. The summed E-state index contributed by atoms with van der Waals surface area (Å²) in [7, 11) is 4.16. The van der Waals surface area contributed by atoms with E-state index in [-0.39, 0.29) is 11.4 Å². The number of aryl methyl sites for hydroxylation is 1. The predicted octanol–water partition coefficient (Wildman–Crippen LogP) is 3.43. The summed E-state index contributed by atoms with van der Waals surface area (Å²) in [5.41, 5.74) is 1.89. The largest absolute Gasteiger partial charge is 0.346 e. The average Bonchev–Trinajstić information content (AvgIpc) is 2.67. The summed E-state index contributed by atoms with van der Waals surface area (Å²) in [6, 6.07) is 5.42. The zero-order valence-electron chi connectivity index (χ0n) is 11.8. The molecule has 1 aromatic carbocycles. The van der Waals surface area contributed by atoms with Gasteiger partial charge in [-0.15, -0.1) is 0 Å². The lowest BCUT2D eigenvalue weighted by molar-refractivity contribution is 0.171. The minimum Gasteiger partial charge on any atom is -0.346 e. The molecule has 0 aliphatic rings. The first kappa shape index (κ1) is 13.1. The molecule has 18 heavy (non-hydrogen) atoms. The fraction of sp³-hybridized carbons (Fsp3) is 0.467. The number of hydrogen-bond donors (Lipinski definition) is 0. The lowest BCUT2D eigenvalue weighted by Gasteiger charge is -2.33. The zero-order chi connectivity index (χ0) is 13.5. The van der Waals surface area contributed by atoms with Crippen molar-refractivity contribution in [3.8, 4) is 0 Å². The number of fused-ring (bicyclic) bond motifs is 1. The molecule has 0 atom stereocenters. The fourth-order valence-electron chi connectivity index (χ4n) is 2.09. The summed E-state index contributed by atoms with van der Waals surface area (Å²) in [6.45, 7) is 7.12. The van der Waals surface area contributed by atoms with Crippen LogP contribution in [0.1, 0.15) is 19.4 Å². The molecule has 0 radical (unpaired) electrons. The second kappa shape index (κ2) is 4.39. The first-order valence-electron chi connectivity index (χ1n) is 6.24. The van der Waals surface area contributed by atoms with Gasteiger partial charge >= 0.3 is 0 Å². The van der Waals surface area contributed by atoms with Gasteiger partial charge in [-0.3, -0.25) is 0 Å². The first-order chi connectivity index (χ1) is 8.33. The van der Waals surface area contributed by atoms with Gasteiger partial charge in [-0.1, -0.05) is 0 Å². The molecular formula is C15H21FN2. The topological polar surface area (TPSA) is 8.17 Å². The summed E-state index contributed by atoms with van der Waals surface area (Å²) in [5.74, 6) is -0.132. The highest BCUT2D eigenvalue weighted by Gasteiger charge is 2.21. The van der Waals surface area contributed by atoms with Crippen LogP contribution in [0.25, 0.3) is 10.9 Å². The molecule has 1 aromatic heterocycles. The molecule has 2 aromatic rings. The maximum absolute atomic E-state index is 13.5. The van der Waals surface area contributed by atoms with Crippen molar-refractivity contribution in [2.24, 2.45) is 0 Å². The molecule has 98 valence electrons. The van der Waals surface area contributed by atoms with Gasteiger partial charge in [-0.05, 0) is 58.6 Å². The number of halogens is 1. The third kappa shape index (κ3) is 2.15. The van der Waals surface area contributed by atoms with Crippen molar-refractivity contribution in [1.82, 2.24) is 9.47 Å². The first-order valence-corrected chi connectivity index (χ1v) is 6.24. The molecule has 2 rings (SSSR count). The lowest BCUT2D eigenvalue weighted by atomic mass is 10.0.